The summed E-state index contributed by atoms with van der Waals surface area (Å²) in [6.07, 6.45) is 2.02. The van der Waals surface area contributed by atoms with Gasteiger partial charge in [0.05, 0.1) is 16.1 Å². The maximum atomic E-state index is 6.17. The van der Waals surface area contributed by atoms with Crippen LogP contribution in [-0.2, 0) is 11.2 Å². The first kappa shape index (κ1) is 14.8. The van der Waals surface area contributed by atoms with Gasteiger partial charge >= 0.3 is 0 Å². The first-order valence-corrected chi connectivity index (χ1v) is 6.47. The zero-order chi connectivity index (χ0) is 12.8. The fraction of sp³-hybridized carbons (Fsp3) is 0.538. The number of halogens is 2. The highest BCUT2D eigenvalue weighted by atomic mass is 35.5. The molecule has 0 heterocycles. The zero-order valence-corrected chi connectivity index (χ0v) is 12.0. The highest BCUT2D eigenvalue weighted by molar-refractivity contribution is 6.42. The third-order valence-corrected chi connectivity index (χ3v) is 3.78. The molecular formula is C13H19Cl2NO. The van der Waals surface area contributed by atoms with Gasteiger partial charge in [0.25, 0.3) is 0 Å². The monoisotopic (exact) mass is 275 g/mol. The highest BCUT2D eigenvalue weighted by Crippen LogP contribution is 2.26. The van der Waals surface area contributed by atoms with Gasteiger partial charge in [-0.15, -0.1) is 0 Å². The van der Waals surface area contributed by atoms with Crippen molar-refractivity contribution in [3.8, 4) is 0 Å². The average molecular weight is 276 g/mol. The molecule has 0 bridgehead atoms. The lowest BCUT2D eigenvalue weighted by Crippen LogP contribution is -2.31. The van der Waals surface area contributed by atoms with E-state index in [1.807, 2.05) is 19.2 Å². The third kappa shape index (κ3) is 4.47. The Morgan fingerprint density at radius 3 is 2.65 bits per heavy atom. The predicted molar refractivity (Wildman–Crippen MR) is 74.1 cm³/mol. The number of benzene rings is 1. The van der Waals surface area contributed by atoms with Crippen molar-refractivity contribution in [1.82, 2.24) is 5.32 Å². The summed E-state index contributed by atoms with van der Waals surface area (Å²) in [5.41, 5.74) is 1.07. The average Bonchev–Trinajstić information content (AvgIpc) is 2.33. The van der Waals surface area contributed by atoms with E-state index < -0.39 is 0 Å². The molecule has 0 fully saturated rings. The van der Waals surface area contributed by atoms with Crippen LogP contribution in [0.2, 0.25) is 10.0 Å². The molecule has 1 aromatic rings. The smallest absolute Gasteiger partial charge is 0.0624 e. The maximum Gasteiger partial charge on any atom is 0.0624 e. The number of hydrogen-bond acceptors (Lipinski definition) is 2. The van der Waals surface area contributed by atoms with Crippen molar-refractivity contribution in [2.45, 2.75) is 31.9 Å². The number of methoxy groups -OCH3 is 1. The molecule has 1 rings (SSSR count). The molecule has 0 amide bonds. The summed E-state index contributed by atoms with van der Waals surface area (Å²) in [6, 6.07) is 6.08. The van der Waals surface area contributed by atoms with E-state index in [9.17, 15) is 0 Å². The maximum absolute atomic E-state index is 6.17. The zero-order valence-electron chi connectivity index (χ0n) is 10.5. The van der Waals surface area contributed by atoms with Crippen LogP contribution in [-0.4, -0.2) is 26.3 Å². The number of nitrogens with one attached hydrogen (secondary N) is 1. The topological polar surface area (TPSA) is 21.3 Å². The number of hydrogen-bond donors (Lipinski definition) is 1. The van der Waals surface area contributed by atoms with Crippen molar-refractivity contribution < 1.29 is 4.74 Å². The summed E-state index contributed by atoms with van der Waals surface area (Å²) in [5.74, 6) is 0. The summed E-state index contributed by atoms with van der Waals surface area (Å²) in [4.78, 5) is 0. The second-order valence-electron chi connectivity index (χ2n) is 4.18. The first-order chi connectivity index (χ1) is 8.08. The minimum Gasteiger partial charge on any atom is -0.382 e. The molecule has 0 aromatic heterocycles. The molecule has 0 aliphatic heterocycles. The van der Waals surface area contributed by atoms with E-state index in [4.69, 9.17) is 27.9 Å². The van der Waals surface area contributed by atoms with Crippen molar-refractivity contribution >= 4 is 23.2 Å². The molecule has 2 nitrogen and oxygen atoms in total. The van der Waals surface area contributed by atoms with Crippen molar-refractivity contribution in [3.05, 3.63) is 33.8 Å². The number of likely N-dealkylation sites (N-methyl/N-ethyl adjacent to an activating group) is 1. The molecule has 4 heteroatoms. The van der Waals surface area contributed by atoms with E-state index in [1.54, 1.807) is 13.2 Å². The molecule has 0 saturated heterocycles. The van der Waals surface area contributed by atoms with Crippen LogP contribution in [0.25, 0.3) is 0 Å². The van der Waals surface area contributed by atoms with Crippen LogP contribution in [0.3, 0.4) is 0 Å². The first-order valence-electron chi connectivity index (χ1n) is 5.71. The van der Waals surface area contributed by atoms with Crippen LogP contribution in [0, 0.1) is 0 Å². The minimum atomic E-state index is 0.227. The summed E-state index contributed by atoms with van der Waals surface area (Å²) in [6.45, 7) is 2.06. The second-order valence-corrected chi connectivity index (χ2v) is 4.97. The predicted octanol–water partition coefficient (Wildman–Crippen LogP) is 3.55. The minimum absolute atomic E-state index is 0.227. The Morgan fingerprint density at radius 2 is 2.06 bits per heavy atom. The van der Waals surface area contributed by atoms with E-state index in [0.717, 1.165) is 18.4 Å². The Kier molecular flexibility index (Phi) is 6.28. The van der Waals surface area contributed by atoms with Crippen LogP contribution in [0.4, 0.5) is 0 Å². The second kappa shape index (κ2) is 7.22. The van der Waals surface area contributed by atoms with Crippen LogP contribution in [0.15, 0.2) is 18.2 Å². The van der Waals surface area contributed by atoms with Crippen LogP contribution in [0.1, 0.15) is 18.9 Å². The molecule has 0 saturated carbocycles. The summed E-state index contributed by atoms with van der Waals surface area (Å²) >= 11 is 12.2. The summed E-state index contributed by atoms with van der Waals surface area (Å²) in [5, 5.41) is 4.54. The van der Waals surface area contributed by atoms with E-state index >= 15 is 0 Å². The molecular weight excluding hydrogens is 257 g/mol. The van der Waals surface area contributed by atoms with Crippen molar-refractivity contribution in [2.24, 2.45) is 0 Å². The van der Waals surface area contributed by atoms with E-state index in [-0.39, 0.29) is 6.10 Å². The Labute approximate surface area is 113 Å². The van der Waals surface area contributed by atoms with E-state index in [2.05, 4.69) is 12.2 Å². The normalized spacial score (nSPS) is 14.6. The number of ether oxygens (including phenoxy) is 1. The van der Waals surface area contributed by atoms with Gasteiger partial charge in [0.2, 0.25) is 0 Å². The molecule has 2 atom stereocenters. The fourth-order valence-corrected chi connectivity index (χ4v) is 2.17. The van der Waals surface area contributed by atoms with E-state index in [1.165, 1.54) is 0 Å². The molecule has 0 aliphatic carbocycles. The van der Waals surface area contributed by atoms with Gasteiger partial charge in [-0.2, -0.15) is 0 Å². The molecule has 0 radical (unpaired) electrons. The molecule has 1 aromatic carbocycles. The van der Waals surface area contributed by atoms with Gasteiger partial charge in [0.15, 0.2) is 0 Å². The van der Waals surface area contributed by atoms with Gasteiger partial charge < -0.3 is 10.1 Å². The summed E-state index contributed by atoms with van der Waals surface area (Å²) < 4.78 is 5.28. The highest BCUT2D eigenvalue weighted by Gasteiger charge is 2.14. The van der Waals surface area contributed by atoms with Crippen LogP contribution >= 0.6 is 23.2 Å². The number of rotatable bonds is 6. The van der Waals surface area contributed by atoms with Crippen LogP contribution < -0.4 is 5.32 Å². The lowest BCUT2D eigenvalue weighted by Gasteiger charge is -2.20. The molecule has 17 heavy (non-hydrogen) atoms. The lowest BCUT2D eigenvalue weighted by atomic mass is 10.0. The van der Waals surface area contributed by atoms with Gasteiger partial charge in [-0.3, -0.25) is 0 Å². The van der Waals surface area contributed by atoms with Crippen LogP contribution in [0.5, 0.6) is 0 Å². The molecule has 1 N–H and O–H groups in total. The Balaban J connectivity index is 2.70. The van der Waals surface area contributed by atoms with Crippen molar-refractivity contribution in [3.63, 3.8) is 0 Å². The Bertz CT molecular complexity index is 357. The Hall–Kier alpha value is -0.280. The lowest BCUT2D eigenvalue weighted by molar-refractivity contribution is 0.101. The standard InChI is InChI=1S/C13H19Cl2NO/c1-9(17-3)7-11(16-2)8-10-5-4-6-12(14)13(10)15/h4-6,9,11,16H,7-8H2,1-3H3. The molecule has 2 unspecified atom stereocenters. The van der Waals surface area contributed by atoms with Gasteiger partial charge in [0, 0.05) is 13.2 Å². The third-order valence-electron chi connectivity index (χ3n) is 2.92. The van der Waals surface area contributed by atoms with Crippen molar-refractivity contribution in [1.29, 1.82) is 0 Å². The van der Waals surface area contributed by atoms with Gasteiger partial charge in [-0.05, 0) is 38.4 Å². The van der Waals surface area contributed by atoms with Gasteiger partial charge in [-0.25, -0.2) is 0 Å². The fourth-order valence-electron chi connectivity index (χ4n) is 1.77. The van der Waals surface area contributed by atoms with Gasteiger partial charge in [-0.1, -0.05) is 35.3 Å². The largest absolute Gasteiger partial charge is 0.382 e. The van der Waals surface area contributed by atoms with Gasteiger partial charge in [0.1, 0.15) is 0 Å². The summed E-state index contributed by atoms with van der Waals surface area (Å²) in [7, 11) is 3.68. The van der Waals surface area contributed by atoms with Crippen molar-refractivity contribution in [2.75, 3.05) is 14.2 Å². The quantitative estimate of drug-likeness (QED) is 0.858. The Morgan fingerprint density at radius 1 is 1.35 bits per heavy atom. The molecule has 0 spiro atoms. The SMILES string of the molecule is CNC(Cc1cccc(Cl)c1Cl)CC(C)OC. The molecule has 0 aliphatic rings. The van der Waals surface area contributed by atoms with E-state index in [0.29, 0.717) is 16.1 Å². The molecule has 96 valence electrons.